The van der Waals surface area contributed by atoms with Crippen LogP contribution in [0.5, 0.6) is 0 Å². The summed E-state index contributed by atoms with van der Waals surface area (Å²) in [6, 6.07) is 0. The highest BCUT2D eigenvalue weighted by Gasteiger charge is 2.61. The third kappa shape index (κ3) is 0.857. The minimum absolute atomic E-state index is 0.0672. The SMILES string of the molecule is CC1(O)CC2CC1C1CC(=O)OC21. The number of carbonyl (C=O) groups is 1. The molecule has 0 aromatic carbocycles. The Balaban J connectivity index is 1.93. The molecule has 2 saturated carbocycles. The first-order valence-electron chi connectivity index (χ1n) is 5.00. The number of esters is 1. The number of hydrogen-bond acceptors (Lipinski definition) is 3. The van der Waals surface area contributed by atoms with Crippen LogP contribution < -0.4 is 0 Å². The Labute approximate surface area is 77.1 Å². The number of rotatable bonds is 0. The quantitative estimate of drug-likeness (QED) is 0.561. The zero-order chi connectivity index (χ0) is 9.22. The summed E-state index contributed by atoms with van der Waals surface area (Å²) in [6.45, 7) is 1.90. The molecule has 3 heteroatoms. The molecule has 0 spiro atoms. The standard InChI is InChI=1S/C10H14O3/c1-10(12)4-5-2-7(10)6-3-8(11)13-9(5)6/h5-7,9,12H,2-4H2,1H3. The Bertz CT molecular complexity index is 271. The molecule has 0 aromatic rings. The number of aliphatic hydroxyl groups is 1. The van der Waals surface area contributed by atoms with Gasteiger partial charge in [-0.15, -0.1) is 0 Å². The van der Waals surface area contributed by atoms with Crippen molar-refractivity contribution in [3.63, 3.8) is 0 Å². The fourth-order valence-corrected chi connectivity index (χ4v) is 3.64. The third-order valence-corrected chi connectivity index (χ3v) is 4.10. The van der Waals surface area contributed by atoms with Gasteiger partial charge in [-0.1, -0.05) is 0 Å². The van der Waals surface area contributed by atoms with E-state index in [0.717, 1.165) is 12.8 Å². The minimum atomic E-state index is -0.542. The summed E-state index contributed by atoms with van der Waals surface area (Å²) < 4.78 is 5.26. The molecule has 13 heavy (non-hydrogen) atoms. The summed E-state index contributed by atoms with van der Waals surface area (Å²) >= 11 is 0. The maximum absolute atomic E-state index is 11.1. The fourth-order valence-electron chi connectivity index (χ4n) is 3.64. The maximum Gasteiger partial charge on any atom is 0.306 e. The van der Waals surface area contributed by atoms with E-state index in [1.165, 1.54) is 0 Å². The van der Waals surface area contributed by atoms with Crippen LogP contribution in [0.1, 0.15) is 26.2 Å². The van der Waals surface area contributed by atoms with Crippen molar-refractivity contribution in [2.45, 2.75) is 37.9 Å². The second-order valence-electron chi connectivity index (χ2n) is 4.99. The largest absolute Gasteiger partial charge is 0.462 e. The minimum Gasteiger partial charge on any atom is -0.462 e. The monoisotopic (exact) mass is 182 g/mol. The maximum atomic E-state index is 11.1. The Morgan fingerprint density at radius 1 is 1.62 bits per heavy atom. The van der Waals surface area contributed by atoms with Crippen molar-refractivity contribution in [3.05, 3.63) is 0 Å². The highest BCUT2D eigenvalue weighted by atomic mass is 16.6. The van der Waals surface area contributed by atoms with Crippen molar-refractivity contribution in [2.75, 3.05) is 0 Å². The van der Waals surface area contributed by atoms with Gasteiger partial charge in [-0.25, -0.2) is 0 Å². The highest BCUT2D eigenvalue weighted by Crippen LogP contribution is 2.57. The van der Waals surface area contributed by atoms with Crippen molar-refractivity contribution >= 4 is 5.97 Å². The van der Waals surface area contributed by atoms with E-state index in [1.54, 1.807) is 0 Å². The number of hydrogen-bond donors (Lipinski definition) is 1. The molecule has 0 amide bonds. The molecule has 1 saturated heterocycles. The summed E-state index contributed by atoms with van der Waals surface area (Å²) in [6.07, 6.45) is 2.53. The lowest BCUT2D eigenvalue weighted by Crippen LogP contribution is -2.40. The average molecular weight is 182 g/mol. The Morgan fingerprint density at radius 2 is 2.38 bits per heavy atom. The molecule has 3 aliphatic rings. The smallest absolute Gasteiger partial charge is 0.306 e. The molecule has 5 unspecified atom stereocenters. The summed E-state index contributed by atoms with van der Waals surface area (Å²) in [5, 5.41) is 10.1. The Hall–Kier alpha value is -0.570. The zero-order valence-corrected chi connectivity index (χ0v) is 7.69. The van der Waals surface area contributed by atoms with Gasteiger partial charge >= 0.3 is 5.97 Å². The van der Waals surface area contributed by atoms with Gasteiger partial charge in [-0.3, -0.25) is 4.79 Å². The molecular formula is C10H14O3. The average Bonchev–Trinajstić information content (AvgIpc) is 2.55. The van der Waals surface area contributed by atoms with Crippen LogP contribution in [0.25, 0.3) is 0 Å². The van der Waals surface area contributed by atoms with Gasteiger partial charge in [0.2, 0.25) is 0 Å². The molecule has 72 valence electrons. The van der Waals surface area contributed by atoms with Gasteiger partial charge in [0.15, 0.2) is 0 Å². The molecular weight excluding hydrogens is 168 g/mol. The molecule has 5 atom stereocenters. The molecule has 1 N–H and O–H groups in total. The van der Waals surface area contributed by atoms with Crippen LogP contribution in [-0.2, 0) is 9.53 Å². The number of ether oxygens (including phenoxy) is 1. The lowest BCUT2D eigenvalue weighted by atomic mass is 9.76. The van der Waals surface area contributed by atoms with Gasteiger partial charge in [0.05, 0.1) is 12.0 Å². The van der Waals surface area contributed by atoms with E-state index in [2.05, 4.69) is 0 Å². The highest BCUT2D eigenvalue weighted by molar-refractivity contribution is 5.72. The predicted octanol–water partition coefficient (Wildman–Crippen LogP) is 0.709. The van der Waals surface area contributed by atoms with E-state index in [1.807, 2.05) is 6.92 Å². The number of carbonyl (C=O) groups excluding carboxylic acids is 1. The predicted molar refractivity (Wildman–Crippen MR) is 44.8 cm³/mol. The number of fused-ring (bicyclic) bond motifs is 5. The normalized spacial score (nSPS) is 58.2. The lowest BCUT2D eigenvalue weighted by Gasteiger charge is -2.34. The summed E-state index contributed by atoms with van der Waals surface area (Å²) in [4.78, 5) is 11.1. The van der Waals surface area contributed by atoms with Crippen molar-refractivity contribution in [3.8, 4) is 0 Å². The van der Waals surface area contributed by atoms with Crippen LogP contribution in [0, 0.1) is 17.8 Å². The first-order valence-corrected chi connectivity index (χ1v) is 5.00. The van der Waals surface area contributed by atoms with Gasteiger partial charge < -0.3 is 9.84 Å². The first-order chi connectivity index (χ1) is 6.08. The summed E-state index contributed by atoms with van der Waals surface area (Å²) in [5.41, 5.74) is -0.542. The fraction of sp³-hybridized carbons (Fsp3) is 0.900. The second kappa shape index (κ2) is 2.08. The van der Waals surface area contributed by atoms with Gasteiger partial charge in [0, 0.05) is 5.92 Å². The Kier molecular flexibility index (Phi) is 1.25. The first kappa shape index (κ1) is 7.80. The molecule has 0 radical (unpaired) electrons. The van der Waals surface area contributed by atoms with Crippen LogP contribution in [0.15, 0.2) is 0 Å². The Morgan fingerprint density at radius 3 is 3.15 bits per heavy atom. The van der Waals surface area contributed by atoms with Crippen molar-refractivity contribution in [2.24, 2.45) is 17.8 Å². The van der Waals surface area contributed by atoms with Crippen LogP contribution >= 0.6 is 0 Å². The van der Waals surface area contributed by atoms with Gasteiger partial charge in [-0.05, 0) is 31.6 Å². The molecule has 2 bridgehead atoms. The molecule has 2 aliphatic carbocycles. The molecule has 3 nitrogen and oxygen atoms in total. The van der Waals surface area contributed by atoms with Crippen LogP contribution in [0.2, 0.25) is 0 Å². The van der Waals surface area contributed by atoms with Crippen molar-refractivity contribution < 1.29 is 14.6 Å². The van der Waals surface area contributed by atoms with Gasteiger partial charge in [-0.2, -0.15) is 0 Å². The van der Waals surface area contributed by atoms with E-state index in [9.17, 15) is 9.90 Å². The molecule has 0 aromatic heterocycles. The third-order valence-electron chi connectivity index (χ3n) is 4.10. The summed E-state index contributed by atoms with van der Waals surface area (Å²) in [5.74, 6) is 0.967. The molecule has 1 aliphatic heterocycles. The van der Waals surface area contributed by atoms with Crippen molar-refractivity contribution in [1.29, 1.82) is 0 Å². The summed E-state index contributed by atoms with van der Waals surface area (Å²) in [7, 11) is 0. The van der Waals surface area contributed by atoms with Gasteiger partial charge in [0.25, 0.3) is 0 Å². The van der Waals surface area contributed by atoms with Crippen LogP contribution in [-0.4, -0.2) is 22.8 Å². The van der Waals surface area contributed by atoms with E-state index < -0.39 is 5.60 Å². The van der Waals surface area contributed by atoms with Gasteiger partial charge in [0.1, 0.15) is 6.10 Å². The lowest BCUT2D eigenvalue weighted by molar-refractivity contribution is -0.144. The molecule has 3 rings (SSSR count). The van der Waals surface area contributed by atoms with E-state index in [-0.39, 0.29) is 12.1 Å². The van der Waals surface area contributed by atoms with Crippen molar-refractivity contribution in [1.82, 2.24) is 0 Å². The van der Waals surface area contributed by atoms with E-state index >= 15 is 0 Å². The zero-order valence-electron chi connectivity index (χ0n) is 7.69. The topological polar surface area (TPSA) is 46.5 Å². The van der Waals surface area contributed by atoms with Crippen LogP contribution in [0.3, 0.4) is 0 Å². The van der Waals surface area contributed by atoms with E-state index in [4.69, 9.17) is 4.74 Å². The molecule has 1 heterocycles. The second-order valence-corrected chi connectivity index (χ2v) is 4.99. The van der Waals surface area contributed by atoms with Crippen LogP contribution in [0.4, 0.5) is 0 Å². The van der Waals surface area contributed by atoms with E-state index in [0.29, 0.717) is 24.2 Å². The molecule has 3 fully saturated rings.